The van der Waals surface area contributed by atoms with Crippen LogP contribution in [0.4, 0.5) is 8.63 Å². The first kappa shape index (κ1) is 11.8. The fraction of sp³-hybridized carbons (Fsp3) is 0.0769. The van der Waals surface area contributed by atoms with Gasteiger partial charge >= 0.3 is 7.04 Å². The highest BCUT2D eigenvalue weighted by Gasteiger charge is 2.49. The molecule has 0 N–H and O–H groups in total. The quantitative estimate of drug-likeness (QED) is 0.736. The molecule has 1 aromatic heterocycles. The van der Waals surface area contributed by atoms with Gasteiger partial charge in [0, 0.05) is 11.6 Å². The highest BCUT2D eigenvalue weighted by atomic mass is 19.3. The summed E-state index contributed by atoms with van der Waals surface area (Å²) in [6, 6.07) is 8.84. The first-order valence-corrected chi connectivity index (χ1v) is 5.91. The van der Waals surface area contributed by atoms with Crippen molar-refractivity contribution in [3.8, 4) is 0 Å². The highest BCUT2D eigenvalue weighted by Crippen LogP contribution is 2.26. The Morgan fingerprint density at radius 1 is 1.21 bits per heavy atom. The zero-order chi connectivity index (χ0) is 13.5. The maximum Gasteiger partial charge on any atom is 0.834 e. The van der Waals surface area contributed by atoms with Crippen molar-refractivity contribution < 1.29 is 17.8 Å². The minimum Gasteiger partial charge on any atom is -0.599 e. The molecule has 0 amide bonds. The second-order valence-electron chi connectivity index (χ2n) is 4.41. The molecule has 96 valence electrons. The van der Waals surface area contributed by atoms with Crippen LogP contribution in [0.1, 0.15) is 17.0 Å². The highest BCUT2D eigenvalue weighted by molar-refractivity contribution is 6.51. The van der Waals surface area contributed by atoms with Gasteiger partial charge in [0.2, 0.25) is 0 Å². The van der Waals surface area contributed by atoms with Crippen molar-refractivity contribution in [2.45, 2.75) is 6.92 Å². The molecule has 2 aromatic rings. The Kier molecular flexibility index (Phi) is 2.59. The van der Waals surface area contributed by atoms with Crippen LogP contribution in [0, 0.1) is 6.92 Å². The molecule has 2 heterocycles. The molecule has 0 radical (unpaired) electrons. The predicted octanol–water partition coefficient (Wildman–Crippen LogP) is 2.43. The van der Waals surface area contributed by atoms with Crippen molar-refractivity contribution in [3.05, 3.63) is 59.7 Å². The van der Waals surface area contributed by atoms with Crippen LogP contribution in [-0.4, -0.2) is 12.0 Å². The largest absolute Gasteiger partial charge is 0.834 e. The van der Waals surface area contributed by atoms with Gasteiger partial charge in [-0.3, -0.25) is 0 Å². The number of aromatic nitrogens is 2. The maximum atomic E-state index is 14.0. The van der Waals surface area contributed by atoms with E-state index in [0.717, 1.165) is 4.48 Å². The third kappa shape index (κ3) is 2.09. The molecule has 19 heavy (non-hydrogen) atoms. The second kappa shape index (κ2) is 4.15. The van der Waals surface area contributed by atoms with Gasteiger partial charge < -0.3 is 17.8 Å². The van der Waals surface area contributed by atoms with Gasteiger partial charge in [-0.2, -0.15) is 0 Å². The molecule has 0 atom stereocenters. The number of fused-ring (bicyclic) bond motifs is 1. The van der Waals surface area contributed by atoms with Gasteiger partial charge in [0.1, 0.15) is 6.20 Å². The molecular formula is C13H11BF2N2O. The van der Waals surface area contributed by atoms with Crippen molar-refractivity contribution in [2.24, 2.45) is 0 Å². The molecule has 3 rings (SSSR count). The number of nitrogens with zero attached hydrogens (tertiary/aromatic N) is 2. The molecule has 1 aromatic carbocycles. The van der Waals surface area contributed by atoms with E-state index in [2.05, 4.69) is 4.98 Å². The Bertz CT molecular complexity index is 659. The normalized spacial score (nSPS) is 16.3. The molecule has 0 spiro atoms. The van der Waals surface area contributed by atoms with Crippen LogP contribution < -0.4 is 4.48 Å². The standard InChI is InChI=1S/C13H11BF2N2O/c1-10-9-18-12(8-17-10)7-13(19-14(18,15)16)11-5-3-2-4-6-11/h2-9H,1H3. The van der Waals surface area contributed by atoms with Crippen LogP contribution in [0.15, 0.2) is 42.7 Å². The zero-order valence-electron chi connectivity index (χ0n) is 10.3. The molecule has 6 heteroatoms. The van der Waals surface area contributed by atoms with Crippen LogP contribution >= 0.6 is 0 Å². The SMILES string of the molecule is Cc1c[n+]2c(cn1)C=C(c1ccccc1)O[B-]2(F)F. The molecule has 1 aliphatic rings. The summed E-state index contributed by atoms with van der Waals surface area (Å²) in [6.45, 7) is 1.66. The lowest BCUT2D eigenvalue weighted by molar-refractivity contribution is -0.584. The van der Waals surface area contributed by atoms with E-state index in [-0.39, 0.29) is 5.76 Å². The fourth-order valence-electron chi connectivity index (χ4n) is 2.05. The van der Waals surface area contributed by atoms with Crippen LogP contribution in [0.3, 0.4) is 0 Å². The molecule has 1 aliphatic heterocycles. The van der Waals surface area contributed by atoms with Crippen molar-refractivity contribution in [3.63, 3.8) is 0 Å². The van der Waals surface area contributed by atoms with Gasteiger partial charge in [-0.15, -0.1) is 0 Å². The summed E-state index contributed by atoms with van der Waals surface area (Å²) in [6.07, 6.45) is 4.30. The van der Waals surface area contributed by atoms with Gasteiger partial charge in [-0.25, -0.2) is 4.98 Å². The molecule has 0 bridgehead atoms. The van der Waals surface area contributed by atoms with Gasteiger partial charge in [0.25, 0.3) is 0 Å². The van der Waals surface area contributed by atoms with E-state index < -0.39 is 7.04 Å². The third-order valence-corrected chi connectivity index (χ3v) is 2.95. The molecule has 0 fully saturated rings. The first-order chi connectivity index (χ1) is 9.06. The van der Waals surface area contributed by atoms with Crippen molar-refractivity contribution in [1.82, 2.24) is 4.98 Å². The average Bonchev–Trinajstić information content (AvgIpc) is 2.40. The lowest BCUT2D eigenvalue weighted by Gasteiger charge is -2.27. The van der Waals surface area contributed by atoms with Crippen LogP contribution in [0.5, 0.6) is 0 Å². The summed E-state index contributed by atoms with van der Waals surface area (Å²) in [5.74, 6) is 0.163. The Balaban J connectivity index is 2.14. The molecule has 0 saturated carbocycles. The molecule has 0 saturated heterocycles. The Morgan fingerprint density at radius 2 is 1.95 bits per heavy atom. The summed E-state index contributed by atoms with van der Waals surface area (Å²) in [5, 5.41) is 0. The van der Waals surface area contributed by atoms with Crippen LogP contribution in [0.2, 0.25) is 0 Å². The molecule has 3 nitrogen and oxygen atoms in total. The smallest absolute Gasteiger partial charge is 0.599 e. The summed E-state index contributed by atoms with van der Waals surface area (Å²) in [7, 11) is -4.12. The Hall–Kier alpha value is -2.24. The van der Waals surface area contributed by atoms with E-state index in [1.165, 1.54) is 12.4 Å². The van der Waals surface area contributed by atoms with Gasteiger partial charge in [-0.05, 0) is 6.92 Å². The summed E-state index contributed by atoms with van der Waals surface area (Å²) in [5.41, 5.74) is 1.47. The molecule has 0 unspecified atom stereocenters. The van der Waals surface area contributed by atoms with Gasteiger partial charge in [0.15, 0.2) is 5.69 Å². The minimum atomic E-state index is -4.12. The van der Waals surface area contributed by atoms with E-state index in [1.807, 2.05) is 6.07 Å². The zero-order valence-corrected chi connectivity index (χ0v) is 10.3. The summed E-state index contributed by atoms with van der Waals surface area (Å²) in [4.78, 5) is 4.04. The Morgan fingerprint density at radius 3 is 2.68 bits per heavy atom. The van der Waals surface area contributed by atoms with E-state index in [0.29, 0.717) is 17.0 Å². The fourth-order valence-corrected chi connectivity index (χ4v) is 2.05. The lowest BCUT2D eigenvalue weighted by Crippen LogP contribution is -2.63. The van der Waals surface area contributed by atoms with Gasteiger partial charge in [-0.1, -0.05) is 30.3 Å². The number of rotatable bonds is 1. The maximum absolute atomic E-state index is 14.0. The van der Waals surface area contributed by atoms with Crippen molar-refractivity contribution in [2.75, 3.05) is 0 Å². The van der Waals surface area contributed by atoms with Crippen LogP contribution in [0.25, 0.3) is 11.8 Å². The average molecular weight is 260 g/mol. The van der Waals surface area contributed by atoms with E-state index >= 15 is 0 Å². The molecule has 0 aliphatic carbocycles. The lowest BCUT2D eigenvalue weighted by atomic mass is 9.99. The molecular weight excluding hydrogens is 249 g/mol. The second-order valence-corrected chi connectivity index (χ2v) is 4.41. The van der Waals surface area contributed by atoms with E-state index in [9.17, 15) is 8.63 Å². The number of halogens is 2. The third-order valence-electron chi connectivity index (χ3n) is 2.95. The van der Waals surface area contributed by atoms with E-state index in [4.69, 9.17) is 4.65 Å². The Labute approximate surface area is 109 Å². The van der Waals surface area contributed by atoms with Crippen molar-refractivity contribution in [1.29, 1.82) is 0 Å². The van der Waals surface area contributed by atoms with Crippen molar-refractivity contribution >= 4 is 18.9 Å². The summed E-state index contributed by atoms with van der Waals surface area (Å²) < 4.78 is 33.8. The number of hydrogen-bond donors (Lipinski definition) is 0. The van der Waals surface area contributed by atoms with Crippen LogP contribution in [-0.2, 0) is 4.65 Å². The van der Waals surface area contributed by atoms with Gasteiger partial charge in [0.05, 0.1) is 17.6 Å². The minimum absolute atomic E-state index is 0.163. The summed E-state index contributed by atoms with van der Waals surface area (Å²) >= 11 is 0. The number of hydrogen-bond acceptors (Lipinski definition) is 2. The van der Waals surface area contributed by atoms with E-state index in [1.54, 1.807) is 37.3 Å². The monoisotopic (exact) mass is 260 g/mol. The predicted molar refractivity (Wildman–Crippen MR) is 67.9 cm³/mol. The topological polar surface area (TPSA) is 26.0 Å². The first-order valence-electron chi connectivity index (χ1n) is 5.91. The number of aryl methyl sites for hydroxylation is 1. The number of benzene rings is 1.